The maximum Gasteiger partial charge on any atom is 0.195 e. The maximum atomic E-state index is 9.12. The van der Waals surface area contributed by atoms with Gasteiger partial charge in [0.25, 0.3) is 0 Å². The van der Waals surface area contributed by atoms with Crippen molar-refractivity contribution in [1.29, 1.82) is 0 Å². The molecule has 2 N–H and O–H groups in total. The molecule has 0 spiro atoms. The Morgan fingerprint density at radius 2 is 2.19 bits per heavy atom. The molecule has 0 unspecified atom stereocenters. The van der Waals surface area contributed by atoms with Crippen LogP contribution in [-0.4, -0.2) is 19.9 Å². The molecule has 0 radical (unpaired) electrons. The number of halogens is 1. The van der Waals surface area contributed by atoms with Gasteiger partial charge in [-0.1, -0.05) is 34.1 Å². The van der Waals surface area contributed by atoms with Crippen LogP contribution in [-0.2, 0) is 13.2 Å². The normalized spacial score (nSPS) is 10.6. The number of aromatic amines is 1. The van der Waals surface area contributed by atoms with E-state index >= 15 is 0 Å². The highest BCUT2D eigenvalue weighted by Crippen LogP contribution is 2.17. The summed E-state index contributed by atoms with van der Waals surface area (Å²) in [4.78, 5) is 0. The maximum absolute atomic E-state index is 9.12. The first-order chi connectivity index (χ1) is 7.72. The third kappa shape index (κ3) is 2.23. The molecule has 0 atom stereocenters. The lowest BCUT2D eigenvalue weighted by atomic mass is 10.2. The van der Waals surface area contributed by atoms with Crippen molar-refractivity contribution in [1.82, 2.24) is 14.8 Å². The summed E-state index contributed by atoms with van der Waals surface area (Å²) >= 11 is 8.57. The van der Waals surface area contributed by atoms with E-state index in [0.29, 0.717) is 17.1 Å². The van der Waals surface area contributed by atoms with E-state index in [2.05, 4.69) is 26.1 Å². The second kappa shape index (κ2) is 4.90. The van der Waals surface area contributed by atoms with E-state index in [1.807, 2.05) is 24.3 Å². The summed E-state index contributed by atoms with van der Waals surface area (Å²) in [6.07, 6.45) is 0. The number of rotatable bonds is 3. The second-order valence-corrected chi connectivity index (χ2v) is 4.52. The van der Waals surface area contributed by atoms with Crippen molar-refractivity contribution in [2.75, 3.05) is 0 Å². The minimum atomic E-state index is -0.127. The Balaban J connectivity index is 2.37. The smallest absolute Gasteiger partial charge is 0.195 e. The number of aliphatic hydroxyl groups is 1. The second-order valence-electron chi connectivity index (χ2n) is 3.28. The lowest BCUT2D eigenvalue weighted by Gasteiger charge is -2.06. The van der Waals surface area contributed by atoms with Gasteiger partial charge in [0.1, 0.15) is 6.61 Å². The van der Waals surface area contributed by atoms with Crippen LogP contribution < -0.4 is 0 Å². The highest BCUT2D eigenvalue weighted by molar-refractivity contribution is 9.10. The number of H-pyrrole nitrogens is 1. The van der Waals surface area contributed by atoms with Crippen LogP contribution >= 0.6 is 28.1 Å². The van der Waals surface area contributed by atoms with Gasteiger partial charge in [0.2, 0.25) is 0 Å². The zero-order valence-corrected chi connectivity index (χ0v) is 10.8. The first-order valence-corrected chi connectivity index (χ1v) is 5.91. The summed E-state index contributed by atoms with van der Waals surface area (Å²) in [5.74, 6) is 0.542. The van der Waals surface area contributed by atoms with Crippen molar-refractivity contribution >= 4 is 28.1 Å². The molecule has 4 nitrogen and oxygen atoms in total. The van der Waals surface area contributed by atoms with Crippen molar-refractivity contribution < 1.29 is 5.11 Å². The molecule has 1 aromatic carbocycles. The number of hydrogen-bond acceptors (Lipinski definition) is 3. The topological polar surface area (TPSA) is 53.8 Å². The fourth-order valence-electron chi connectivity index (χ4n) is 1.43. The van der Waals surface area contributed by atoms with E-state index in [4.69, 9.17) is 17.3 Å². The van der Waals surface area contributed by atoms with Gasteiger partial charge < -0.3 is 5.11 Å². The molecule has 6 heteroatoms. The van der Waals surface area contributed by atoms with Crippen molar-refractivity contribution in [2.24, 2.45) is 0 Å². The molecule has 1 heterocycles. The Bertz CT molecular complexity index is 549. The van der Waals surface area contributed by atoms with Gasteiger partial charge in [-0.2, -0.15) is 5.10 Å². The SMILES string of the molecule is OCc1n[nH]c(=S)n1Cc1ccccc1Br. The van der Waals surface area contributed by atoms with Crippen LogP contribution in [0.2, 0.25) is 0 Å². The van der Waals surface area contributed by atoms with E-state index in [9.17, 15) is 0 Å². The highest BCUT2D eigenvalue weighted by atomic mass is 79.9. The van der Waals surface area contributed by atoms with Crippen LogP contribution in [0.4, 0.5) is 0 Å². The molecule has 0 saturated heterocycles. The molecule has 0 aliphatic carbocycles. The van der Waals surface area contributed by atoms with Crippen molar-refractivity contribution in [2.45, 2.75) is 13.2 Å². The van der Waals surface area contributed by atoms with E-state index in [-0.39, 0.29) is 6.61 Å². The summed E-state index contributed by atoms with van der Waals surface area (Å²) in [7, 11) is 0. The Kier molecular flexibility index (Phi) is 3.52. The van der Waals surface area contributed by atoms with Crippen LogP contribution in [0, 0.1) is 4.77 Å². The van der Waals surface area contributed by atoms with Gasteiger partial charge in [0.15, 0.2) is 10.6 Å². The number of nitrogens with zero attached hydrogens (tertiary/aromatic N) is 2. The fourth-order valence-corrected chi connectivity index (χ4v) is 2.06. The lowest BCUT2D eigenvalue weighted by molar-refractivity contribution is 0.265. The fraction of sp³-hybridized carbons (Fsp3) is 0.200. The molecule has 0 aliphatic heterocycles. The number of benzene rings is 1. The van der Waals surface area contributed by atoms with Crippen LogP contribution in [0.15, 0.2) is 28.7 Å². The Morgan fingerprint density at radius 1 is 1.44 bits per heavy atom. The quantitative estimate of drug-likeness (QED) is 0.855. The summed E-state index contributed by atoms with van der Waals surface area (Å²) in [6, 6.07) is 7.88. The minimum Gasteiger partial charge on any atom is -0.388 e. The van der Waals surface area contributed by atoms with Crippen LogP contribution in [0.5, 0.6) is 0 Å². The van der Waals surface area contributed by atoms with Crippen molar-refractivity contribution in [3.05, 3.63) is 44.9 Å². The molecule has 0 aliphatic rings. The molecule has 1 aromatic heterocycles. The van der Waals surface area contributed by atoms with Crippen molar-refractivity contribution in [3.63, 3.8) is 0 Å². The molecular formula is C10H10BrN3OS. The average Bonchev–Trinajstić information content (AvgIpc) is 2.63. The molecule has 0 bridgehead atoms. The van der Waals surface area contributed by atoms with E-state index in [1.54, 1.807) is 4.57 Å². The Labute approximate surface area is 106 Å². The number of aliphatic hydroxyl groups excluding tert-OH is 1. The summed E-state index contributed by atoms with van der Waals surface area (Å²) in [5, 5.41) is 15.7. The number of hydrogen-bond donors (Lipinski definition) is 2. The third-order valence-corrected chi connectivity index (χ3v) is 3.35. The molecular weight excluding hydrogens is 290 g/mol. The zero-order valence-electron chi connectivity index (χ0n) is 8.35. The Hall–Kier alpha value is -0.980. The standard InChI is InChI=1S/C10H10BrN3OS/c11-8-4-2-1-3-7(8)5-14-9(6-15)12-13-10(14)16/h1-4,15H,5-6H2,(H,13,16). The van der Waals surface area contributed by atoms with E-state index in [1.165, 1.54) is 0 Å². The van der Waals surface area contributed by atoms with Gasteiger partial charge in [-0.3, -0.25) is 9.67 Å². The Morgan fingerprint density at radius 3 is 2.88 bits per heavy atom. The summed E-state index contributed by atoms with van der Waals surface area (Å²) in [6.45, 7) is 0.463. The summed E-state index contributed by atoms with van der Waals surface area (Å²) < 4.78 is 3.30. The average molecular weight is 300 g/mol. The molecule has 16 heavy (non-hydrogen) atoms. The van der Waals surface area contributed by atoms with Crippen LogP contribution in [0.1, 0.15) is 11.4 Å². The zero-order chi connectivity index (χ0) is 11.5. The molecule has 0 fully saturated rings. The van der Waals surface area contributed by atoms with Gasteiger partial charge in [-0.25, -0.2) is 0 Å². The van der Waals surface area contributed by atoms with E-state index < -0.39 is 0 Å². The first kappa shape index (κ1) is 11.5. The van der Waals surface area contributed by atoms with Crippen molar-refractivity contribution in [3.8, 4) is 0 Å². The molecule has 84 valence electrons. The van der Waals surface area contributed by atoms with Crippen LogP contribution in [0.25, 0.3) is 0 Å². The first-order valence-electron chi connectivity index (χ1n) is 4.70. The van der Waals surface area contributed by atoms with Gasteiger partial charge in [-0.05, 0) is 23.8 Å². The number of aromatic nitrogens is 3. The monoisotopic (exact) mass is 299 g/mol. The number of nitrogens with one attached hydrogen (secondary N) is 1. The third-order valence-electron chi connectivity index (χ3n) is 2.27. The largest absolute Gasteiger partial charge is 0.388 e. The predicted molar refractivity (Wildman–Crippen MR) is 66.6 cm³/mol. The molecule has 0 amide bonds. The predicted octanol–water partition coefficient (Wildman–Crippen LogP) is 2.24. The molecule has 0 saturated carbocycles. The summed E-state index contributed by atoms with van der Waals surface area (Å²) in [5.41, 5.74) is 1.09. The van der Waals surface area contributed by atoms with E-state index in [0.717, 1.165) is 10.0 Å². The minimum absolute atomic E-state index is 0.127. The van der Waals surface area contributed by atoms with Crippen LogP contribution in [0.3, 0.4) is 0 Å². The molecule has 2 rings (SSSR count). The van der Waals surface area contributed by atoms with Gasteiger partial charge >= 0.3 is 0 Å². The lowest BCUT2D eigenvalue weighted by Crippen LogP contribution is -2.05. The highest BCUT2D eigenvalue weighted by Gasteiger charge is 2.06. The van der Waals surface area contributed by atoms with Gasteiger partial charge in [0.05, 0.1) is 6.54 Å². The van der Waals surface area contributed by atoms with Gasteiger partial charge in [-0.15, -0.1) is 0 Å². The van der Waals surface area contributed by atoms with Gasteiger partial charge in [0, 0.05) is 4.47 Å². The molecule has 2 aromatic rings.